The van der Waals surface area contributed by atoms with Gasteiger partial charge in [-0.15, -0.1) is 0 Å². The number of unbranched alkanes of at least 4 members (excludes halogenated alkanes) is 44. The molecule has 0 rings (SSSR count). The van der Waals surface area contributed by atoms with Crippen LogP contribution in [0.1, 0.15) is 387 Å². The van der Waals surface area contributed by atoms with Gasteiger partial charge in [-0.25, -0.2) is 9.13 Å². The Morgan fingerprint density at radius 1 is 0.280 bits per heavy atom. The summed E-state index contributed by atoms with van der Waals surface area (Å²) >= 11 is 0. The highest BCUT2D eigenvalue weighted by atomic mass is 31.2. The molecule has 0 heterocycles. The molecule has 0 aliphatic heterocycles. The van der Waals surface area contributed by atoms with Crippen molar-refractivity contribution in [1.29, 1.82) is 0 Å². The molecule has 3 N–H and O–H groups in total. The van der Waals surface area contributed by atoms with Gasteiger partial charge in [0, 0.05) is 25.7 Å². The smallest absolute Gasteiger partial charge is 0.462 e. The number of rotatable bonds is 78. The number of aliphatic hydroxyl groups is 1. The Bertz CT molecular complexity index is 2080. The van der Waals surface area contributed by atoms with Gasteiger partial charge in [0.15, 0.2) is 12.2 Å². The lowest BCUT2D eigenvalue weighted by Gasteiger charge is -2.21. The maximum absolute atomic E-state index is 13.1. The number of phosphoric ester groups is 2. The molecule has 0 spiro atoms. The highest BCUT2D eigenvalue weighted by Gasteiger charge is 2.30. The second-order valence-corrected chi connectivity index (χ2v) is 30.6. The Hall–Kier alpha value is -2.98. The van der Waals surface area contributed by atoms with Crippen LogP contribution in [-0.4, -0.2) is 96.7 Å². The molecule has 0 saturated heterocycles. The van der Waals surface area contributed by atoms with E-state index in [1.54, 1.807) is 0 Å². The van der Waals surface area contributed by atoms with Crippen LogP contribution in [0.25, 0.3) is 0 Å². The third kappa shape index (κ3) is 73.3. The third-order valence-electron chi connectivity index (χ3n) is 17.8. The summed E-state index contributed by atoms with van der Waals surface area (Å²) in [5.41, 5.74) is 0. The van der Waals surface area contributed by atoms with E-state index < -0.39 is 97.5 Å². The Morgan fingerprint density at radius 2 is 0.490 bits per heavy atom. The molecule has 0 bridgehead atoms. The lowest BCUT2D eigenvalue weighted by atomic mass is 10.0. The molecule has 0 fully saturated rings. The van der Waals surface area contributed by atoms with Gasteiger partial charge < -0.3 is 33.8 Å². The SMILES string of the molecule is CCCCC/C=C\C/C=C\CCCCCCCC(=O)OC[C@H](COP(=O)(O)OC[C@H](O)COP(=O)(O)OC[C@@H](COC(=O)CCCCCCCCCCCCCCCCCCC)OC(=O)CCCCCCC/C=C\C/C=C\CCCCC)OC(=O)CCCCCCCCCCCCCCC. The van der Waals surface area contributed by atoms with Crippen molar-refractivity contribution in [1.82, 2.24) is 0 Å². The predicted molar refractivity (Wildman–Crippen MR) is 409 cm³/mol. The molecular weight excluding hydrogens is 1310 g/mol. The first-order valence-corrected chi connectivity index (χ1v) is 43.9. The molecule has 0 aromatic carbocycles. The topological polar surface area (TPSA) is 237 Å². The van der Waals surface area contributed by atoms with Crippen LogP contribution >= 0.6 is 15.6 Å². The van der Waals surface area contributed by atoms with Gasteiger partial charge in [0.1, 0.15) is 19.3 Å². The maximum Gasteiger partial charge on any atom is 0.472 e. The van der Waals surface area contributed by atoms with Gasteiger partial charge in [-0.1, -0.05) is 320 Å². The third-order valence-corrected chi connectivity index (χ3v) is 19.7. The number of carbonyl (C=O) groups excluding carboxylic acids is 4. The highest BCUT2D eigenvalue weighted by Crippen LogP contribution is 2.45. The lowest BCUT2D eigenvalue weighted by molar-refractivity contribution is -0.161. The molecule has 19 heteroatoms. The molecule has 0 aliphatic carbocycles. The highest BCUT2D eigenvalue weighted by molar-refractivity contribution is 7.47. The molecule has 0 amide bonds. The van der Waals surface area contributed by atoms with Crippen molar-refractivity contribution in [3.63, 3.8) is 0 Å². The summed E-state index contributed by atoms with van der Waals surface area (Å²) < 4.78 is 68.6. The number of phosphoric acid groups is 2. The van der Waals surface area contributed by atoms with E-state index >= 15 is 0 Å². The van der Waals surface area contributed by atoms with Crippen LogP contribution in [0.15, 0.2) is 48.6 Å². The average molecular weight is 1460 g/mol. The van der Waals surface area contributed by atoms with Gasteiger partial charge in [0.25, 0.3) is 0 Å². The van der Waals surface area contributed by atoms with Crippen LogP contribution < -0.4 is 0 Å². The molecule has 0 aliphatic rings. The van der Waals surface area contributed by atoms with Crippen molar-refractivity contribution in [2.24, 2.45) is 0 Å². The average Bonchev–Trinajstić information content (AvgIpc) is 0.937. The van der Waals surface area contributed by atoms with E-state index in [0.29, 0.717) is 25.7 Å². The summed E-state index contributed by atoms with van der Waals surface area (Å²) in [4.78, 5) is 73.0. The Balaban J connectivity index is 5.31. The number of ether oxygens (including phenoxy) is 4. The van der Waals surface area contributed by atoms with Crippen molar-refractivity contribution in [2.45, 2.75) is 406 Å². The van der Waals surface area contributed by atoms with E-state index in [-0.39, 0.29) is 25.7 Å². The zero-order valence-electron chi connectivity index (χ0n) is 64.1. The zero-order valence-corrected chi connectivity index (χ0v) is 65.9. The Kier molecular flexibility index (Phi) is 72.1. The fourth-order valence-electron chi connectivity index (χ4n) is 11.5. The molecule has 0 aromatic heterocycles. The van der Waals surface area contributed by atoms with Gasteiger partial charge in [0.2, 0.25) is 0 Å². The van der Waals surface area contributed by atoms with E-state index in [2.05, 4.69) is 76.3 Å². The van der Waals surface area contributed by atoms with Gasteiger partial charge in [-0.3, -0.25) is 37.3 Å². The molecule has 100 heavy (non-hydrogen) atoms. The number of carbonyl (C=O) groups is 4. The molecule has 2 unspecified atom stereocenters. The van der Waals surface area contributed by atoms with E-state index in [9.17, 15) is 43.2 Å². The summed E-state index contributed by atoms with van der Waals surface area (Å²) in [7, 11) is -9.94. The van der Waals surface area contributed by atoms with Crippen LogP contribution in [0.4, 0.5) is 0 Å². The normalized spacial score (nSPS) is 14.1. The van der Waals surface area contributed by atoms with E-state index in [0.717, 1.165) is 135 Å². The minimum atomic E-state index is -4.97. The molecule has 0 aromatic rings. The molecular formula is C81H150O17P2. The Labute approximate surface area is 610 Å². The van der Waals surface area contributed by atoms with Gasteiger partial charge in [0.05, 0.1) is 26.4 Å². The van der Waals surface area contributed by atoms with E-state index in [4.69, 9.17) is 37.0 Å². The summed E-state index contributed by atoms with van der Waals surface area (Å²) in [5, 5.41) is 10.6. The maximum atomic E-state index is 13.1. The number of aliphatic hydroxyl groups excluding tert-OH is 1. The van der Waals surface area contributed by atoms with Crippen LogP contribution in [0.2, 0.25) is 0 Å². The monoisotopic (exact) mass is 1460 g/mol. The summed E-state index contributed by atoms with van der Waals surface area (Å²) in [6, 6.07) is 0. The quantitative estimate of drug-likeness (QED) is 0.0169. The van der Waals surface area contributed by atoms with Crippen LogP contribution in [0.5, 0.6) is 0 Å². The minimum Gasteiger partial charge on any atom is -0.462 e. The lowest BCUT2D eigenvalue weighted by Crippen LogP contribution is -2.30. The van der Waals surface area contributed by atoms with Crippen LogP contribution in [0, 0.1) is 0 Å². The molecule has 0 radical (unpaired) electrons. The standard InChI is InChI=1S/C81H150O17P2/c1-5-9-13-17-21-25-29-33-36-37-40-43-46-50-54-58-62-66-79(84)92-72-77(98-81(86)68-64-60-56-52-48-44-39-35-31-27-23-19-15-11-7-3)74-96-100(89,90)94-70-75(82)69-93-99(87,88)95-73-76(97-80(85)67-63-59-55-51-47-41-32-28-24-20-16-12-8-4)71-91-78(83)65-61-57-53-49-45-42-38-34-30-26-22-18-14-10-6-2/h22-23,26-27,34-35,38-39,75-77,82H,5-21,24-25,28-33,36-37,40-74H2,1-4H3,(H,87,88)(H,89,90)/b26-22-,27-23-,38-34-,39-35-/t75-,76+,77+/m0/s1. The zero-order chi connectivity index (χ0) is 73.2. The number of hydrogen-bond donors (Lipinski definition) is 3. The van der Waals surface area contributed by atoms with Crippen molar-refractivity contribution in [3.05, 3.63) is 48.6 Å². The second-order valence-electron chi connectivity index (χ2n) is 27.7. The van der Waals surface area contributed by atoms with Crippen molar-refractivity contribution >= 4 is 39.5 Å². The second kappa shape index (κ2) is 74.3. The fraction of sp³-hybridized carbons (Fsp3) is 0.852. The number of hydrogen-bond acceptors (Lipinski definition) is 15. The summed E-state index contributed by atoms with van der Waals surface area (Å²) in [6.45, 7) is 4.89. The van der Waals surface area contributed by atoms with Gasteiger partial charge in [-0.2, -0.15) is 0 Å². The molecule has 5 atom stereocenters. The largest absolute Gasteiger partial charge is 0.472 e. The minimum absolute atomic E-state index is 0.0854. The first kappa shape index (κ1) is 97.0. The fourth-order valence-corrected chi connectivity index (χ4v) is 13.1. The van der Waals surface area contributed by atoms with Crippen molar-refractivity contribution in [3.8, 4) is 0 Å². The van der Waals surface area contributed by atoms with E-state index in [1.165, 1.54) is 173 Å². The number of allylic oxidation sites excluding steroid dienone is 8. The van der Waals surface area contributed by atoms with Crippen LogP contribution in [0.3, 0.4) is 0 Å². The van der Waals surface area contributed by atoms with Crippen molar-refractivity contribution in [2.75, 3.05) is 39.6 Å². The summed E-state index contributed by atoms with van der Waals surface area (Å²) in [5.74, 6) is -2.16. The van der Waals surface area contributed by atoms with Crippen LogP contribution in [-0.2, 0) is 65.4 Å². The molecule has 17 nitrogen and oxygen atoms in total. The van der Waals surface area contributed by atoms with E-state index in [1.807, 2.05) is 0 Å². The van der Waals surface area contributed by atoms with Gasteiger partial charge >= 0.3 is 39.5 Å². The first-order chi connectivity index (χ1) is 48.7. The predicted octanol–water partition coefficient (Wildman–Crippen LogP) is 23.7. The molecule has 0 saturated carbocycles. The number of esters is 4. The molecule has 586 valence electrons. The van der Waals surface area contributed by atoms with Gasteiger partial charge in [-0.05, 0) is 89.9 Å². The first-order valence-electron chi connectivity index (χ1n) is 40.9. The Morgan fingerprint density at radius 3 is 0.760 bits per heavy atom. The van der Waals surface area contributed by atoms with Crippen molar-refractivity contribution < 1.29 is 80.2 Å². The summed E-state index contributed by atoms with van der Waals surface area (Å²) in [6.07, 6.45) is 72.2.